The van der Waals surface area contributed by atoms with E-state index in [1.807, 2.05) is 0 Å². The highest BCUT2D eigenvalue weighted by Crippen LogP contribution is 2.58. The molecule has 0 heterocycles. The molecule has 8 nitrogen and oxygen atoms in total. The normalized spacial score (nSPS) is 13.0. The second-order valence-corrected chi connectivity index (χ2v) is 6.16. The average molecular weight is 318 g/mol. The first kappa shape index (κ1) is 17.6. The number of hydrogen-bond donors (Lipinski definition) is 1. The van der Waals surface area contributed by atoms with Crippen LogP contribution in [0.2, 0.25) is 0 Å². The number of nitrogens with two attached hydrogens (primary N) is 1. The zero-order valence-electron chi connectivity index (χ0n) is 12.1. The fraction of sp³-hybridized carbons (Fsp3) is 0.500. The zero-order chi connectivity index (χ0) is 16.0. The predicted molar refractivity (Wildman–Crippen MR) is 77.4 cm³/mol. The number of nitrogens with zero attached hydrogens (tertiary/aromatic N) is 1. The van der Waals surface area contributed by atoms with Gasteiger partial charge in [0, 0.05) is 6.07 Å². The van der Waals surface area contributed by atoms with Gasteiger partial charge in [0.1, 0.15) is 5.78 Å². The number of rotatable bonds is 8. The van der Waals surface area contributed by atoms with Gasteiger partial charge in [-0.05, 0) is 25.5 Å². The third kappa shape index (κ3) is 4.01. The minimum atomic E-state index is -3.59. The monoisotopic (exact) mass is 318 g/mol. The van der Waals surface area contributed by atoms with Crippen LogP contribution in [0.15, 0.2) is 18.2 Å². The molecule has 9 heteroatoms. The Morgan fingerprint density at radius 2 is 1.90 bits per heavy atom. The van der Waals surface area contributed by atoms with E-state index >= 15 is 0 Å². The van der Waals surface area contributed by atoms with Gasteiger partial charge in [0.05, 0.1) is 25.2 Å². The Morgan fingerprint density at radius 1 is 1.33 bits per heavy atom. The molecule has 1 aromatic carbocycles. The third-order valence-corrected chi connectivity index (χ3v) is 4.92. The van der Waals surface area contributed by atoms with Gasteiger partial charge in [-0.15, -0.1) is 0 Å². The molecular weight excluding hydrogens is 299 g/mol. The first-order valence-corrected chi connectivity index (χ1v) is 7.97. The fourth-order valence-electron chi connectivity index (χ4n) is 1.77. The molecule has 0 spiro atoms. The van der Waals surface area contributed by atoms with E-state index in [1.54, 1.807) is 13.8 Å². The topological polar surface area (TPSA) is 114 Å². The molecule has 1 rings (SSSR count). The number of ether oxygens (including phenoxy) is 1. The summed E-state index contributed by atoms with van der Waals surface area (Å²) in [5, 5.41) is 11.0. The summed E-state index contributed by atoms with van der Waals surface area (Å²) in [6, 6.07) is 4.12. The summed E-state index contributed by atoms with van der Waals surface area (Å²) < 4.78 is 27.8. The predicted octanol–water partition coefficient (Wildman–Crippen LogP) is 2.83. The van der Waals surface area contributed by atoms with Gasteiger partial charge < -0.3 is 19.5 Å². The van der Waals surface area contributed by atoms with Crippen LogP contribution in [-0.4, -0.2) is 25.2 Å². The summed E-state index contributed by atoms with van der Waals surface area (Å²) in [5.41, 5.74) is 5.96. The van der Waals surface area contributed by atoms with Gasteiger partial charge in [0.15, 0.2) is 5.75 Å². The van der Waals surface area contributed by atoms with E-state index in [2.05, 4.69) is 0 Å². The van der Waals surface area contributed by atoms with Gasteiger partial charge in [0.2, 0.25) is 0 Å². The van der Waals surface area contributed by atoms with Crippen LogP contribution in [0.4, 0.5) is 5.69 Å². The minimum absolute atomic E-state index is 0.0959. The highest BCUT2D eigenvalue weighted by atomic mass is 31.2. The van der Waals surface area contributed by atoms with Crippen LogP contribution in [0.3, 0.4) is 0 Å². The molecule has 2 N–H and O–H groups in total. The lowest BCUT2D eigenvalue weighted by Crippen LogP contribution is -2.15. The Hall–Kier alpha value is -1.47. The fourth-order valence-corrected chi connectivity index (χ4v) is 3.42. The van der Waals surface area contributed by atoms with Crippen molar-refractivity contribution in [3.05, 3.63) is 33.9 Å². The van der Waals surface area contributed by atoms with Crippen LogP contribution < -0.4 is 10.5 Å². The van der Waals surface area contributed by atoms with Gasteiger partial charge in [-0.2, -0.15) is 0 Å². The number of nitro groups is 1. The van der Waals surface area contributed by atoms with Crippen molar-refractivity contribution in [2.24, 2.45) is 5.73 Å². The molecule has 0 aliphatic rings. The molecule has 118 valence electrons. The van der Waals surface area contributed by atoms with Gasteiger partial charge in [-0.3, -0.25) is 14.7 Å². The SMILES string of the molecule is CCOP(=O)(OCC)[C@@H](N)c1ccc(OC)c([N+](=O)[O-])c1. The maximum absolute atomic E-state index is 12.6. The summed E-state index contributed by atoms with van der Waals surface area (Å²) in [6.45, 7) is 3.64. The Morgan fingerprint density at radius 3 is 2.33 bits per heavy atom. The first-order valence-electron chi connectivity index (χ1n) is 6.36. The van der Waals surface area contributed by atoms with Gasteiger partial charge in [0.25, 0.3) is 0 Å². The Bertz CT molecular complexity index is 541. The van der Waals surface area contributed by atoms with Crippen molar-refractivity contribution in [1.29, 1.82) is 0 Å². The number of benzene rings is 1. The van der Waals surface area contributed by atoms with E-state index in [4.69, 9.17) is 19.5 Å². The lowest BCUT2D eigenvalue weighted by Gasteiger charge is -2.23. The highest BCUT2D eigenvalue weighted by molar-refractivity contribution is 7.54. The van der Waals surface area contributed by atoms with Crippen molar-refractivity contribution < 1.29 is 23.3 Å². The second-order valence-electron chi connectivity index (χ2n) is 4.01. The smallest absolute Gasteiger partial charge is 0.351 e. The largest absolute Gasteiger partial charge is 0.490 e. The summed E-state index contributed by atoms with van der Waals surface area (Å²) >= 11 is 0. The average Bonchev–Trinajstić information content (AvgIpc) is 2.46. The molecule has 0 saturated carbocycles. The van der Waals surface area contributed by atoms with Gasteiger partial charge >= 0.3 is 13.3 Å². The van der Waals surface area contributed by atoms with Crippen LogP contribution in [0, 0.1) is 10.1 Å². The van der Waals surface area contributed by atoms with E-state index < -0.39 is 18.3 Å². The number of methoxy groups -OCH3 is 1. The van der Waals surface area contributed by atoms with Crippen LogP contribution in [-0.2, 0) is 13.6 Å². The lowest BCUT2D eigenvalue weighted by atomic mass is 10.2. The maximum Gasteiger partial charge on any atom is 0.351 e. The Labute approximate surface area is 122 Å². The third-order valence-electron chi connectivity index (χ3n) is 2.70. The standard InChI is InChI=1S/C12H19N2O6P/c1-4-19-21(17,20-5-2)12(13)9-6-7-11(18-3)10(8-9)14(15)16/h6-8,12H,4-5,13H2,1-3H3/t12-/m1/s1. The summed E-state index contributed by atoms with van der Waals surface area (Å²) in [7, 11) is -2.26. The molecule has 1 aromatic rings. The van der Waals surface area contributed by atoms with E-state index in [-0.39, 0.29) is 30.2 Å². The molecule has 0 fully saturated rings. The molecule has 21 heavy (non-hydrogen) atoms. The zero-order valence-corrected chi connectivity index (χ0v) is 13.0. The van der Waals surface area contributed by atoms with Crippen LogP contribution >= 0.6 is 7.60 Å². The quantitative estimate of drug-likeness (QED) is 0.445. The molecule has 0 amide bonds. The maximum atomic E-state index is 12.6. The van der Waals surface area contributed by atoms with E-state index in [0.717, 1.165) is 0 Å². The molecule has 0 aromatic heterocycles. The summed E-state index contributed by atoms with van der Waals surface area (Å²) in [4.78, 5) is 10.4. The van der Waals surface area contributed by atoms with Crippen molar-refractivity contribution in [3.63, 3.8) is 0 Å². The minimum Gasteiger partial charge on any atom is -0.490 e. The number of hydrogen-bond acceptors (Lipinski definition) is 7. The summed E-state index contributed by atoms with van der Waals surface area (Å²) in [5.74, 6) is -1.01. The Kier molecular flexibility index (Phi) is 6.29. The van der Waals surface area contributed by atoms with Crippen LogP contribution in [0.5, 0.6) is 5.75 Å². The van der Waals surface area contributed by atoms with Crippen molar-refractivity contribution in [1.82, 2.24) is 0 Å². The molecule has 1 atom stereocenters. The molecule has 0 bridgehead atoms. The first-order chi connectivity index (χ1) is 9.89. The van der Waals surface area contributed by atoms with Gasteiger partial charge in [-0.25, -0.2) is 0 Å². The molecule has 0 aliphatic carbocycles. The molecule has 0 unspecified atom stereocenters. The van der Waals surface area contributed by atoms with Crippen LogP contribution in [0.25, 0.3) is 0 Å². The Balaban J connectivity index is 3.22. The van der Waals surface area contributed by atoms with E-state index in [0.29, 0.717) is 0 Å². The molecule has 0 saturated heterocycles. The van der Waals surface area contributed by atoms with Crippen molar-refractivity contribution >= 4 is 13.3 Å². The summed E-state index contributed by atoms with van der Waals surface area (Å²) in [6.07, 6.45) is 0. The van der Waals surface area contributed by atoms with Crippen molar-refractivity contribution in [2.45, 2.75) is 19.6 Å². The van der Waals surface area contributed by atoms with Crippen LogP contribution in [0.1, 0.15) is 25.2 Å². The highest BCUT2D eigenvalue weighted by Gasteiger charge is 2.35. The van der Waals surface area contributed by atoms with Gasteiger partial charge in [-0.1, -0.05) is 6.07 Å². The number of nitro benzene ring substituents is 1. The second kappa shape index (κ2) is 7.51. The van der Waals surface area contributed by atoms with E-state index in [9.17, 15) is 14.7 Å². The molecule has 0 aliphatic heterocycles. The lowest BCUT2D eigenvalue weighted by molar-refractivity contribution is -0.385. The molecular formula is C12H19N2O6P. The van der Waals surface area contributed by atoms with Crippen molar-refractivity contribution in [3.8, 4) is 5.75 Å². The van der Waals surface area contributed by atoms with E-state index in [1.165, 1.54) is 25.3 Å². The van der Waals surface area contributed by atoms with Crippen molar-refractivity contribution in [2.75, 3.05) is 20.3 Å². The molecule has 0 radical (unpaired) electrons.